The standard InChI is InChI=1S/C23H23N3O5/c1-29-19-9-8-15(10-21(19)30-2)20-12-17(25-31-20)13-24-23(28)16-11-22(27)26(14-16)18-6-4-3-5-7-18/h3-10,12,16H,11,13-14H2,1-2H3,(H,24,28)/t16-/m0/s1. The van der Waals surface area contributed by atoms with Crippen LogP contribution in [-0.2, 0) is 16.1 Å². The Morgan fingerprint density at radius 1 is 1.13 bits per heavy atom. The van der Waals surface area contributed by atoms with E-state index in [0.717, 1.165) is 11.3 Å². The molecule has 0 aliphatic carbocycles. The molecule has 2 heterocycles. The zero-order valence-corrected chi connectivity index (χ0v) is 17.3. The van der Waals surface area contributed by atoms with Crippen molar-refractivity contribution < 1.29 is 23.6 Å². The first-order valence-corrected chi connectivity index (χ1v) is 9.90. The molecule has 1 aromatic heterocycles. The molecule has 31 heavy (non-hydrogen) atoms. The van der Waals surface area contributed by atoms with Gasteiger partial charge >= 0.3 is 0 Å². The molecule has 4 rings (SSSR count). The lowest BCUT2D eigenvalue weighted by Gasteiger charge is -2.16. The smallest absolute Gasteiger partial charge is 0.227 e. The Balaban J connectivity index is 1.37. The van der Waals surface area contributed by atoms with Gasteiger partial charge < -0.3 is 24.2 Å². The molecule has 1 aliphatic heterocycles. The Hall–Kier alpha value is -3.81. The summed E-state index contributed by atoms with van der Waals surface area (Å²) in [6, 6.07) is 16.5. The quantitative estimate of drug-likeness (QED) is 0.630. The molecule has 1 fully saturated rings. The summed E-state index contributed by atoms with van der Waals surface area (Å²) in [4.78, 5) is 26.6. The molecule has 0 spiro atoms. The third-order valence-corrected chi connectivity index (χ3v) is 5.23. The summed E-state index contributed by atoms with van der Waals surface area (Å²) in [5, 5.41) is 6.88. The molecule has 8 heteroatoms. The van der Waals surface area contributed by atoms with Crippen molar-refractivity contribution in [3.8, 4) is 22.8 Å². The van der Waals surface area contributed by atoms with Crippen molar-refractivity contribution in [3.05, 3.63) is 60.3 Å². The molecule has 3 aromatic rings. The van der Waals surface area contributed by atoms with Crippen LogP contribution in [0.15, 0.2) is 59.1 Å². The maximum atomic E-state index is 12.6. The highest BCUT2D eigenvalue weighted by Crippen LogP contribution is 2.32. The fourth-order valence-corrected chi connectivity index (χ4v) is 3.58. The maximum Gasteiger partial charge on any atom is 0.227 e. The maximum absolute atomic E-state index is 12.6. The van der Waals surface area contributed by atoms with Crippen molar-refractivity contribution in [1.82, 2.24) is 10.5 Å². The van der Waals surface area contributed by atoms with Crippen molar-refractivity contribution in [1.29, 1.82) is 0 Å². The van der Waals surface area contributed by atoms with E-state index in [9.17, 15) is 9.59 Å². The monoisotopic (exact) mass is 421 g/mol. The van der Waals surface area contributed by atoms with E-state index in [1.807, 2.05) is 36.4 Å². The molecule has 1 aliphatic rings. The predicted molar refractivity (Wildman–Crippen MR) is 114 cm³/mol. The van der Waals surface area contributed by atoms with Crippen LogP contribution in [0.5, 0.6) is 11.5 Å². The van der Waals surface area contributed by atoms with Crippen LogP contribution in [0.4, 0.5) is 5.69 Å². The summed E-state index contributed by atoms with van der Waals surface area (Å²) in [5.41, 5.74) is 2.17. The third-order valence-electron chi connectivity index (χ3n) is 5.23. The highest BCUT2D eigenvalue weighted by molar-refractivity contribution is 6.00. The van der Waals surface area contributed by atoms with Gasteiger partial charge in [0, 0.05) is 30.3 Å². The lowest BCUT2D eigenvalue weighted by atomic mass is 10.1. The number of aromatic nitrogens is 1. The molecular weight excluding hydrogens is 398 g/mol. The highest BCUT2D eigenvalue weighted by atomic mass is 16.5. The number of benzene rings is 2. The second kappa shape index (κ2) is 8.91. The van der Waals surface area contributed by atoms with Crippen molar-refractivity contribution in [2.45, 2.75) is 13.0 Å². The Morgan fingerprint density at radius 3 is 2.65 bits per heavy atom. The number of anilines is 1. The molecule has 0 unspecified atom stereocenters. The number of carbonyl (C=O) groups is 2. The van der Waals surface area contributed by atoms with Gasteiger partial charge in [0.1, 0.15) is 5.69 Å². The van der Waals surface area contributed by atoms with E-state index >= 15 is 0 Å². The zero-order chi connectivity index (χ0) is 21.8. The van der Waals surface area contributed by atoms with Crippen LogP contribution in [0.1, 0.15) is 12.1 Å². The molecule has 1 saturated heterocycles. The molecule has 1 atom stereocenters. The number of rotatable bonds is 7. The van der Waals surface area contributed by atoms with E-state index in [2.05, 4.69) is 10.5 Å². The number of nitrogens with one attached hydrogen (secondary N) is 1. The van der Waals surface area contributed by atoms with Gasteiger partial charge in [0.05, 0.1) is 26.7 Å². The topological polar surface area (TPSA) is 93.9 Å². The summed E-state index contributed by atoms with van der Waals surface area (Å²) in [7, 11) is 3.14. The summed E-state index contributed by atoms with van der Waals surface area (Å²) >= 11 is 0. The van der Waals surface area contributed by atoms with Crippen LogP contribution < -0.4 is 19.7 Å². The van der Waals surface area contributed by atoms with Crippen molar-refractivity contribution >= 4 is 17.5 Å². The molecule has 0 radical (unpaired) electrons. The van der Waals surface area contributed by atoms with Crippen LogP contribution in [-0.4, -0.2) is 37.7 Å². The van der Waals surface area contributed by atoms with E-state index < -0.39 is 5.92 Å². The third kappa shape index (κ3) is 4.37. The fourth-order valence-electron chi connectivity index (χ4n) is 3.58. The van der Waals surface area contributed by atoms with Crippen LogP contribution in [0.3, 0.4) is 0 Å². The zero-order valence-electron chi connectivity index (χ0n) is 17.3. The van der Waals surface area contributed by atoms with Gasteiger partial charge in [-0.25, -0.2) is 0 Å². The first-order chi connectivity index (χ1) is 15.1. The summed E-state index contributed by atoms with van der Waals surface area (Å²) in [6.45, 7) is 0.579. The van der Waals surface area contributed by atoms with Crippen LogP contribution in [0.2, 0.25) is 0 Å². The molecule has 8 nitrogen and oxygen atoms in total. The number of methoxy groups -OCH3 is 2. The highest BCUT2D eigenvalue weighted by Gasteiger charge is 2.35. The number of carbonyl (C=O) groups excluding carboxylic acids is 2. The Kier molecular flexibility index (Phi) is 5.88. The first-order valence-electron chi connectivity index (χ1n) is 9.90. The molecule has 1 N–H and O–H groups in total. The number of hydrogen-bond donors (Lipinski definition) is 1. The number of hydrogen-bond acceptors (Lipinski definition) is 6. The predicted octanol–water partition coefficient (Wildman–Crippen LogP) is 3.03. The fraction of sp³-hybridized carbons (Fsp3) is 0.261. The number of nitrogens with zero attached hydrogens (tertiary/aromatic N) is 2. The second-order valence-corrected chi connectivity index (χ2v) is 7.21. The van der Waals surface area contributed by atoms with E-state index in [0.29, 0.717) is 29.5 Å². The van der Waals surface area contributed by atoms with Gasteiger partial charge in [-0.3, -0.25) is 9.59 Å². The van der Waals surface area contributed by atoms with E-state index in [1.165, 1.54) is 0 Å². The number of amides is 2. The SMILES string of the molecule is COc1ccc(-c2cc(CNC(=O)[C@H]3CC(=O)N(c4ccccc4)C3)no2)cc1OC. The minimum absolute atomic E-state index is 0.0523. The van der Waals surface area contributed by atoms with E-state index in [-0.39, 0.29) is 24.8 Å². The average molecular weight is 421 g/mol. The summed E-state index contributed by atoms with van der Waals surface area (Å²) in [6.07, 6.45) is 0.191. The molecule has 0 saturated carbocycles. The van der Waals surface area contributed by atoms with Gasteiger partial charge in [-0.2, -0.15) is 0 Å². The summed E-state index contributed by atoms with van der Waals surface area (Å²) < 4.78 is 16.0. The van der Waals surface area contributed by atoms with E-state index in [1.54, 1.807) is 37.3 Å². The van der Waals surface area contributed by atoms with Crippen molar-refractivity contribution in [3.63, 3.8) is 0 Å². The van der Waals surface area contributed by atoms with E-state index in [4.69, 9.17) is 14.0 Å². The Morgan fingerprint density at radius 2 is 1.90 bits per heavy atom. The average Bonchev–Trinajstić information content (AvgIpc) is 3.44. The van der Waals surface area contributed by atoms with Gasteiger partial charge in [0.25, 0.3) is 0 Å². The van der Waals surface area contributed by atoms with Gasteiger partial charge in [-0.05, 0) is 30.3 Å². The number of ether oxygens (including phenoxy) is 2. The van der Waals surface area contributed by atoms with Crippen molar-refractivity contribution in [2.75, 3.05) is 25.7 Å². The molecule has 0 bridgehead atoms. The van der Waals surface area contributed by atoms with Gasteiger partial charge in [0.15, 0.2) is 17.3 Å². The first kappa shape index (κ1) is 20.5. The molecule has 160 valence electrons. The molecule has 2 amide bonds. The molecule has 2 aromatic carbocycles. The van der Waals surface area contributed by atoms with Crippen LogP contribution in [0, 0.1) is 5.92 Å². The lowest BCUT2D eigenvalue weighted by Crippen LogP contribution is -2.32. The van der Waals surface area contributed by atoms with Gasteiger partial charge in [-0.15, -0.1) is 0 Å². The van der Waals surface area contributed by atoms with Gasteiger partial charge in [-0.1, -0.05) is 23.4 Å². The van der Waals surface area contributed by atoms with Crippen LogP contribution >= 0.6 is 0 Å². The minimum atomic E-state index is -0.398. The minimum Gasteiger partial charge on any atom is -0.493 e. The number of para-hydroxylation sites is 1. The Bertz CT molecular complexity index is 1080. The normalized spacial score (nSPS) is 15.7. The van der Waals surface area contributed by atoms with Crippen LogP contribution in [0.25, 0.3) is 11.3 Å². The van der Waals surface area contributed by atoms with Gasteiger partial charge in [0.2, 0.25) is 11.8 Å². The lowest BCUT2D eigenvalue weighted by molar-refractivity contribution is -0.126. The Labute approximate surface area is 179 Å². The largest absolute Gasteiger partial charge is 0.493 e. The van der Waals surface area contributed by atoms with Crippen molar-refractivity contribution in [2.24, 2.45) is 5.92 Å². The summed E-state index contributed by atoms with van der Waals surface area (Å²) in [5.74, 6) is 1.13. The second-order valence-electron chi connectivity index (χ2n) is 7.21. The molecular formula is C23H23N3O5.